The number of piperazine rings is 1. The summed E-state index contributed by atoms with van der Waals surface area (Å²) in [4.78, 5) is 17.5. The van der Waals surface area contributed by atoms with Crippen LogP contribution in [0.5, 0.6) is 0 Å². The first-order valence-corrected chi connectivity index (χ1v) is 11.9. The van der Waals surface area contributed by atoms with Crippen LogP contribution in [0.15, 0.2) is 95.5 Å². The van der Waals surface area contributed by atoms with Crippen molar-refractivity contribution in [3.05, 3.63) is 112 Å². The van der Waals surface area contributed by atoms with E-state index >= 15 is 0 Å². The number of nitrogens with zero attached hydrogens (tertiary/aromatic N) is 3. The summed E-state index contributed by atoms with van der Waals surface area (Å²) in [6, 6.07) is 31.1. The third-order valence-electron chi connectivity index (χ3n) is 6.15. The molecule has 33 heavy (non-hydrogen) atoms. The van der Waals surface area contributed by atoms with Gasteiger partial charge in [0.05, 0.1) is 11.7 Å². The molecule has 5 rings (SSSR count). The lowest BCUT2D eigenvalue weighted by molar-refractivity contribution is 0.0592. The third kappa shape index (κ3) is 4.77. The Balaban J connectivity index is 1.29. The lowest BCUT2D eigenvalue weighted by Gasteiger charge is -2.39. The van der Waals surface area contributed by atoms with E-state index in [2.05, 4.69) is 91.7 Å². The van der Waals surface area contributed by atoms with Gasteiger partial charge < -0.3 is 4.90 Å². The number of nitrogens with one attached hydrogen (secondary N) is 1. The average Bonchev–Trinajstić information content (AvgIpc) is 3.36. The van der Waals surface area contributed by atoms with Crippen LogP contribution < -0.4 is 0 Å². The highest BCUT2D eigenvalue weighted by molar-refractivity contribution is 9.10. The van der Waals surface area contributed by atoms with Crippen molar-refractivity contribution in [2.75, 3.05) is 26.2 Å². The molecule has 5 nitrogen and oxygen atoms in total. The maximum absolute atomic E-state index is 13.1. The van der Waals surface area contributed by atoms with Crippen molar-refractivity contribution in [3.8, 4) is 11.3 Å². The van der Waals surface area contributed by atoms with E-state index < -0.39 is 0 Å². The minimum Gasteiger partial charge on any atom is -0.335 e. The zero-order valence-corrected chi connectivity index (χ0v) is 19.8. The van der Waals surface area contributed by atoms with Crippen LogP contribution in [-0.2, 0) is 0 Å². The van der Waals surface area contributed by atoms with Crippen molar-refractivity contribution in [1.29, 1.82) is 0 Å². The van der Waals surface area contributed by atoms with Crippen LogP contribution in [0.2, 0.25) is 0 Å². The fraction of sp³-hybridized carbons (Fsp3) is 0.185. The van der Waals surface area contributed by atoms with E-state index in [0.29, 0.717) is 18.8 Å². The summed E-state index contributed by atoms with van der Waals surface area (Å²) in [5.74, 6) is 0.00137. The van der Waals surface area contributed by atoms with Crippen molar-refractivity contribution < 1.29 is 4.79 Å². The van der Waals surface area contributed by atoms with E-state index in [1.807, 2.05) is 35.2 Å². The van der Waals surface area contributed by atoms with Gasteiger partial charge in [0.15, 0.2) is 0 Å². The predicted molar refractivity (Wildman–Crippen MR) is 134 cm³/mol. The lowest BCUT2D eigenvalue weighted by atomic mass is 9.96. The van der Waals surface area contributed by atoms with E-state index in [9.17, 15) is 4.79 Å². The highest BCUT2D eigenvalue weighted by atomic mass is 79.9. The van der Waals surface area contributed by atoms with Crippen LogP contribution in [0.1, 0.15) is 27.7 Å². The molecule has 0 radical (unpaired) electrons. The first-order valence-electron chi connectivity index (χ1n) is 11.1. The summed E-state index contributed by atoms with van der Waals surface area (Å²) in [5, 5.41) is 7.29. The van der Waals surface area contributed by atoms with Crippen LogP contribution in [0.3, 0.4) is 0 Å². The van der Waals surface area contributed by atoms with Gasteiger partial charge in [0, 0.05) is 36.2 Å². The molecule has 1 aromatic heterocycles. The van der Waals surface area contributed by atoms with Gasteiger partial charge in [-0.25, -0.2) is 0 Å². The molecule has 1 aliphatic rings. The zero-order chi connectivity index (χ0) is 22.6. The fourth-order valence-corrected chi connectivity index (χ4v) is 4.70. The number of hydrogen-bond donors (Lipinski definition) is 1. The Morgan fingerprint density at radius 1 is 0.818 bits per heavy atom. The summed E-state index contributed by atoms with van der Waals surface area (Å²) in [5.41, 5.74) is 4.83. The van der Waals surface area contributed by atoms with Gasteiger partial charge in [-0.3, -0.25) is 14.8 Å². The van der Waals surface area contributed by atoms with Gasteiger partial charge in [-0.2, -0.15) is 5.10 Å². The molecule has 1 amide bonds. The SMILES string of the molecule is O=C(c1cc(-c2ccc(Br)cc2)n[nH]1)N1CCN(C(c2ccccc2)c2ccccc2)CC1. The van der Waals surface area contributed by atoms with Gasteiger partial charge in [-0.15, -0.1) is 0 Å². The average molecular weight is 501 g/mol. The number of aromatic nitrogens is 2. The molecule has 1 aliphatic heterocycles. The number of H-pyrrole nitrogens is 1. The van der Waals surface area contributed by atoms with Crippen LogP contribution >= 0.6 is 15.9 Å². The molecule has 1 saturated heterocycles. The van der Waals surface area contributed by atoms with Gasteiger partial charge in [0.2, 0.25) is 0 Å². The monoisotopic (exact) mass is 500 g/mol. The molecule has 2 heterocycles. The molecule has 0 aliphatic carbocycles. The van der Waals surface area contributed by atoms with Crippen molar-refractivity contribution in [2.45, 2.75) is 6.04 Å². The minimum atomic E-state index is 0.00137. The molecule has 1 fully saturated rings. The maximum Gasteiger partial charge on any atom is 0.271 e. The van der Waals surface area contributed by atoms with Crippen molar-refractivity contribution in [2.24, 2.45) is 0 Å². The first kappa shape index (κ1) is 21.6. The van der Waals surface area contributed by atoms with Gasteiger partial charge in [0.25, 0.3) is 5.91 Å². The standard InChI is InChI=1S/C27H25BrN4O/c28-23-13-11-20(12-14-23)24-19-25(30-29-24)27(33)32-17-15-31(16-18-32)26(21-7-3-1-4-8-21)22-9-5-2-6-10-22/h1-14,19,26H,15-18H2,(H,29,30). The van der Waals surface area contributed by atoms with Gasteiger partial charge in [0.1, 0.15) is 5.69 Å². The summed E-state index contributed by atoms with van der Waals surface area (Å²) < 4.78 is 1.01. The molecule has 0 atom stereocenters. The predicted octanol–water partition coefficient (Wildman–Crippen LogP) is 5.39. The molecule has 0 spiro atoms. The van der Waals surface area contributed by atoms with Crippen molar-refractivity contribution in [1.82, 2.24) is 20.0 Å². The Hall–Kier alpha value is -3.22. The summed E-state index contributed by atoms with van der Waals surface area (Å²) in [7, 11) is 0. The van der Waals surface area contributed by atoms with E-state index in [0.717, 1.165) is 28.8 Å². The molecular weight excluding hydrogens is 476 g/mol. The number of carbonyl (C=O) groups excluding carboxylic acids is 1. The number of benzene rings is 3. The molecule has 3 aromatic carbocycles. The number of halogens is 1. The molecule has 0 bridgehead atoms. The van der Waals surface area contributed by atoms with E-state index in [4.69, 9.17) is 0 Å². The first-order chi connectivity index (χ1) is 16.2. The topological polar surface area (TPSA) is 52.2 Å². The van der Waals surface area contributed by atoms with Gasteiger partial charge in [-0.05, 0) is 29.3 Å². The lowest BCUT2D eigenvalue weighted by Crippen LogP contribution is -2.50. The maximum atomic E-state index is 13.1. The molecule has 0 saturated carbocycles. The summed E-state index contributed by atoms with van der Waals surface area (Å²) >= 11 is 3.45. The number of carbonyl (C=O) groups is 1. The molecule has 0 unspecified atom stereocenters. The summed E-state index contributed by atoms with van der Waals surface area (Å²) in [6.45, 7) is 2.99. The molecule has 4 aromatic rings. The van der Waals surface area contributed by atoms with E-state index in [1.54, 1.807) is 0 Å². The second-order valence-corrected chi connectivity index (χ2v) is 9.14. The molecule has 1 N–H and O–H groups in total. The Kier molecular flexibility index (Phi) is 6.37. The van der Waals surface area contributed by atoms with Crippen LogP contribution in [0, 0.1) is 0 Å². The largest absolute Gasteiger partial charge is 0.335 e. The molecular formula is C27H25BrN4O. The Bertz CT molecular complexity index is 1160. The quantitative estimate of drug-likeness (QED) is 0.399. The molecule has 6 heteroatoms. The third-order valence-corrected chi connectivity index (χ3v) is 6.67. The van der Waals surface area contributed by atoms with Crippen LogP contribution in [-0.4, -0.2) is 52.1 Å². The number of aromatic amines is 1. The van der Waals surface area contributed by atoms with Crippen LogP contribution in [0.25, 0.3) is 11.3 Å². The highest BCUT2D eigenvalue weighted by Gasteiger charge is 2.29. The highest BCUT2D eigenvalue weighted by Crippen LogP contribution is 2.30. The zero-order valence-electron chi connectivity index (χ0n) is 18.2. The number of hydrogen-bond acceptors (Lipinski definition) is 3. The van der Waals surface area contributed by atoms with E-state index in [1.165, 1.54) is 11.1 Å². The molecule has 166 valence electrons. The second-order valence-electron chi connectivity index (χ2n) is 8.23. The Morgan fingerprint density at radius 3 is 1.97 bits per heavy atom. The van der Waals surface area contributed by atoms with Crippen molar-refractivity contribution >= 4 is 21.8 Å². The van der Waals surface area contributed by atoms with Gasteiger partial charge in [-0.1, -0.05) is 88.7 Å². The van der Waals surface area contributed by atoms with Crippen LogP contribution in [0.4, 0.5) is 0 Å². The fourth-order valence-electron chi connectivity index (χ4n) is 4.44. The van der Waals surface area contributed by atoms with E-state index in [-0.39, 0.29) is 11.9 Å². The minimum absolute atomic E-state index is 0.00137. The van der Waals surface area contributed by atoms with Crippen molar-refractivity contribution in [3.63, 3.8) is 0 Å². The number of rotatable bonds is 5. The normalized spacial score (nSPS) is 14.5. The Morgan fingerprint density at radius 2 is 1.39 bits per heavy atom. The smallest absolute Gasteiger partial charge is 0.271 e. The van der Waals surface area contributed by atoms with Gasteiger partial charge >= 0.3 is 0 Å². The number of amides is 1. The second kappa shape index (κ2) is 9.73. The Labute approximate surface area is 202 Å². The summed E-state index contributed by atoms with van der Waals surface area (Å²) in [6.07, 6.45) is 0.